The van der Waals surface area contributed by atoms with Crippen LogP contribution in [-0.4, -0.2) is 37.7 Å². The number of halogens is 1. The monoisotopic (exact) mass is 588 g/mol. The molecule has 8 nitrogen and oxygen atoms in total. The van der Waals surface area contributed by atoms with Crippen LogP contribution in [0.15, 0.2) is 83.0 Å². The normalized spacial score (nSPS) is 11.2. The summed E-state index contributed by atoms with van der Waals surface area (Å²) < 4.78 is 21.1. The van der Waals surface area contributed by atoms with Crippen LogP contribution >= 0.6 is 11.3 Å². The molecule has 1 N–H and O–H groups in total. The first-order valence-corrected chi connectivity index (χ1v) is 14.9. The molecule has 1 aromatic heterocycles. The van der Waals surface area contributed by atoms with E-state index in [0.717, 1.165) is 59.0 Å². The largest absolute Gasteiger partial charge is 0.462 e. The Hall–Kier alpha value is -4.31. The molecule has 3 aromatic carbocycles. The number of carbonyl (C=O) groups excluding carboxylic acids is 1. The summed E-state index contributed by atoms with van der Waals surface area (Å²) in [5, 5.41) is 11.2. The Morgan fingerprint density at radius 1 is 1.02 bits per heavy atom. The number of rotatable bonds is 14. The highest BCUT2D eigenvalue weighted by atomic mass is 32.1. The van der Waals surface area contributed by atoms with Crippen LogP contribution in [0.4, 0.5) is 32.8 Å². The van der Waals surface area contributed by atoms with E-state index in [-0.39, 0.29) is 11.7 Å². The van der Waals surface area contributed by atoms with Gasteiger partial charge in [-0.05, 0) is 94.6 Å². The second-order valence-electron chi connectivity index (χ2n) is 9.86. The highest BCUT2D eigenvalue weighted by Gasteiger charge is 2.10. The molecule has 4 aromatic rings. The van der Waals surface area contributed by atoms with Crippen LogP contribution in [0.3, 0.4) is 0 Å². The van der Waals surface area contributed by atoms with E-state index in [4.69, 9.17) is 9.72 Å². The molecule has 0 aliphatic rings. The van der Waals surface area contributed by atoms with Gasteiger partial charge in [0.2, 0.25) is 0 Å². The highest BCUT2D eigenvalue weighted by Crippen LogP contribution is 2.29. The number of esters is 1. The molecule has 0 amide bonds. The molecule has 0 bridgehead atoms. The summed E-state index contributed by atoms with van der Waals surface area (Å²) in [4.78, 5) is 18.5. The molecule has 1 heterocycles. The lowest BCUT2D eigenvalue weighted by atomic mass is 10.2. The number of ether oxygens (including phenoxy) is 1. The highest BCUT2D eigenvalue weighted by molar-refractivity contribution is 7.18. The quantitative estimate of drug-likeness (QED) is 0.0522. The molecule has 0 atom stereocenters. The van der Waals surface area contributed by atoms with E-state index in [0.29, 0.717) is 23.6 Å². The van der Waals surface area contributed by atoms with E-state index in [1.165, 1.54) is 6.07 Å². The third kappa shape index (κ3) is 8.13. The smallest absolute Gasteiger partial charge is 0.333 e. The maximum atomic E-state index is 14.8. The van der Waals surface area contributed by atoms with Crippen molar-refractivity contribution in [3.8, 4) is 0 Å². The number of aryl methyl sites for hydroxylation is 1. The van der Waals surface area contributed by atoms with Crippen LogP contribution < -0.4 is 15.3 Å². The third-order valence-electron chi connectivity index (χ3n) is 6.67. The Bertz CT molecular complexity index is 1550. The van der Waals surface area contributed by atoms with Crippen LogP contribution in [0.25, 0.3) is 10.2 Å². The number of fused-ring (bicyclic) bond motifs is 1. The summed E-state index contributed by atoms with van der Waals surface area (Å²) in [6, 6.07) is 18.6. The van der Waals surface area contributed by atoms with Gasteiger partial charge in [0.15, 0.2) is 5.82 Å². The maximum absolute atomic E-state index is 14.8. The predicted octanol–water partition coefficient (Wildman–Crippen LogP) is 8.60. The van der Waals surface area contributed by atoms with E-state index in [9.17, 15) is 9.18 Å². The molecule has 10 heteroatoms. The van der Waals surface area contributed by atoms with E-state index < -0.39 is 5.82 Å². The molecule has 0 saturated carbocycles. The van der Waals surface area contributed by atoms with Crippen LogP contribution in [-0.2, 0) is 16.0 Å². The average molecular weight is 589 g/mol. The first-order chi connectivity index (χ1) is 20.3. The van der Waals surface area contributed by atoms with Gasteiger partial charge in [0.25, 0.3) is 0 Å². The van der Waals surface area contributed by atoms with Crippen LogP contribution in [0.1, 0.15) is 38.6 Å². The summed E-state index contributed by atoms with van der Waals surface area (Å²) in [7, 11) is 1.87. The van der Waals surface area contributed by atoms with Gasteiger partial charge in [0.05, 0.1) is 38.9 Å². The summed E-state index contributed by atoms with van der Waals surface area (Å²) in [6.45, 7) is 11.7. The Balaban J connectivity index is 1.33. The second kappa shape index (κ2) is 14.5. The Kier molecular flexibility index (Phi) is 10.6. The zero-order valence-electron chi connectivity index (χ0n) is 24.6. The number of nitrogens with one attached hydrogen (secondary N) is 1. The van der Waals surface area contributed by atoms with Crippen molar-refractivity contribution < 1.29 is 13.9 Å². The van der Waals surface area contributed by atoms with Crippen molar-refractivity contribution in [3.05, 3.63) is 83.6 Å². The van der Waals surface area contributed by atoms with Gasteiger partial charge < -0.3 is 9.64 Å². The van der Waals surface area contributed by atoms with E-state index in [1.807, 2.05) is 54.5 Å². The minimum atomic E-state index is -0.467. The van der Waals surface area contributed by atoms with E-state index in [1.54, 1.807) is 30.4 Å². The van der Waals surface area contributed by atoms with Crippen molar-refractivity contribution in [3.63, 3.8) is 0 Å². The zero-order chi connectivity index (χ0) is 30.1. The lowest BCUT2D eigenvalue weighted by Crippen LogP contribution is -2.24. The van der Waals surface area contributed by atoms with Crippen molar-refractivity contribution in [1.29, 1.82) is 0 Å². The summed E-state index contributed by atoms with van der Waals surface area (Å²) in [5.74, 6) is -0.817. The van der Waals surface area contributed by atoms with Gasteiger partial charge in [-0.15, -0.1) is 16.5 Å². The Morgan fingerprint density at radius 3 is 2.45 bits per heavy atom. The molecule has 0 saturated heterocycles. The third-order valence-corrected chi connectivity index (χ3v) is 7.76. The number of unbranched alkanes of at least 4 members (excludes halogenated alkanes) is 1. The minimum Gasteiger partial charge on any atom is -0.462 e. The molecule has 4 rings (SSSR count). The first kappa shape index (κ1) is 30.6. The molecule has 0 radical (unpaired) electrons. The molecule has 0 aliphatic carbocycles. The van der Waals surface area contributed by atoms with Gasteiger partial charge in [0.1, 0.15) is 5.69 Å². The topological polar surface area (TPSA) is 82.4 Å². The van der Waals surface area contributed by atoms with Gasteiger partial charge in [-0.25, -0.2) is 14.2 Å². The molecular formula is C32H37FN6O2S. The van der Waals surface area contributed by atoms with Crippen molar-refractivity contribution in [2.45, 2.75) is 40.0 Å². The number of nitrogens with zero attached hydrogens (tertiary/aromatic N) is 5. The zero-order valence-corrected chi connectivity index (χ0v) is 25.4. The molecule has 0 fully saturated rings. The standard InChI is InChI=1S/C32H37FN6O2S/c1-6-39(7-2)25-14-11-23(12-15-25)35-36-28-17-13-24(20-27(28)33)37-38(5)26-16-18-30-29(21-26)34-31(42-30)10-8-9-19-41-32(40)22(3)4/h11-18,20-21,37H,3,6-10,19H2,1-2,4-5H3. The number of anilines is 3. The van der Waals surface area contributed by atoms with Crippen LogP contribution in [0.5, 0.6) is 0 Å². The number of hydrogen-bond donors (Lipinski definition) is 1. The summed E-state index contributed by atoms with van der Waals surface area (Å²) in [6.07, 6.45) is 2.47. The Morgan fingerprint density at radius 2 is 1.76 bits per heavy atom. The van der Waals surface area contributed by atoms with Crippen molar-refractivity contribution in [1.82, 2.24) is 4.98 Å². The second-order valence-corrected chi connectivity index (χ2v) is 11.0. The molecular weight excluding hydrogens is 551 g/mol. The first-order valence-electron chi connectivity index (χ1n) is 14.1. The van der Waals surface area contributed by atoms with Gasteiger partial charge in [0, 0.05) is 37.5 Å². The molecule has 0 spiro atoms. The fraction of sp³-hybridized carbons (Fsp3) is 0.312. The number of thiazole rings is 1. The number of hydrazine groups is 1. The van der Waals surface area contributed by atoms with Gasteiger partial charge in [-0.2, -0.15) is 5.11 Å². The molecule has 0 aliphatic heterocycles. The van der Waals surface area contributed by atoms with Crippen LogP contribution in [0, 0.1) is 5.82 Å². The fourth-order valence-corrected chi connectivity index (χ4v) is 5.28. The molecule has 42 heavy (non-hydrogen) atoms. The fourth-order valence-electron chi connectivity index (χ4n) is 4.29. The lowest BCUT2D eigenvalue weighted by molar-refractivity contribution is -0.139. The summed E-state index contributed by atoms with van der Waals surface area (Å²) >= 11 is 1.66. The van der Waals surface area contributed by atoms with Crippen molar-refractivity contribution in [2.24, 2.45) is 10.2 Å². The summed E-state index contributed by atoms with van der Waals surface area (Å²) in [5.41, 5.74) is 7.96. The van der Waals surface area contributed by atoms with Gasteiger partial charge in [-0.1, -0.05) is 6.58 Å². The van der Waals surface area contributed by atoms with Gasteiger partial charge >= 0.3 is 5.97 Å². The maximum Gasteiger partial charge on any atom is 0.333 e. The number of azo groups is 1. The average Bonchev–Trinajstić information content (AvgIpc) is 3.40. The molecule has 0 unspecified atom stereocenters. The predicted molar refractivity (Wildman–Crippen MR) is 171 cm³/mol. The number of benzene rings is 3. The van der Waals surface area contributed by atoms with E-state index in [2.05, 4.69) is 41.0 Å². The van der Waals surface area contributed by atoms with Gasteiger partial charge in [-0.3, -0.25) is 10.4 Å². The number of aromatic nitrogens is 1. The lowest BCUT2D eigenvalue weighted by Gasteiger charge is -2.21. The minimum absolute atomic E-state index is 0.168. The van der Waals surface area contributed by atoms with Crippen LogP contribution in [0.2, 0.25) is 0 Å². The van der Waals surface area contributed by atoms with Crippen molar-refractivity contribution in [2.75, 3.05) is 42.1 Å². The Labute approximate surface area is 250 Å². The van der Waals surface area contributed by atoms with E-state index >= 15 is 0 Å². The molecule has 220 valence electrons. The SMILES string of the molecule is C=C(C)C(=O)OCCCCc1nc2cc(N(C)Nc3ccc(N=Nc4ccc(N(CC)CC)cc4)c(F)c3)ccc2s1. The number of carbonyl (C=O) groups is 1. The van der Waals surface area contributed by atoms with Crippen molar-refractivity contribution >= 4 is 56.0 Å². The number of hydrogen-bond acceptors (Lipinski definition) is 9.